The van der Waals surface area contributed by atoms with E-state index in [2.05, 4.69) is 23.1 Å². The molecule has 4 rings (SSSR count). The number of methoxy groups -OCH3 is 2. The molecule has 0 radical (unpaired) electrons. The van der Waals surface area contributed by atoms with Crippen LogP contribution < -0.4 is 4.74 Å². The third-order valence-corrected chi connectivity index (χ3v) is 6.61. The number of carbonyl (C=O) groups excluding carboxylic acids is 2. The second-order valence-electron chi connectivity index (χ2n) is 9.16. The molecule has 0 aromatic heterocycles. The molecule has 1 heterocycles. The lowest BCUT2D eigenvalue weighted by molar-refractivity contribution is -0.129. The topological polar surface area (TPSA) is 62.3 Å². The number of carbonyl (C=O) groups is 2. The summed E-state index contributed by atoms with van der Waals surface area (Å²) in [4.78, 5) is 32.4. The largest absolute Gasteiger partial charge is 0.497 e. The molecule has 1 saturated heterocycles. The molecule has 3 aromatic rings. The minimum absolute atomic E-state index is 0.140. The van der Waals surface area contributed by atoms with Gasteiger partial charge in [0.15, 0.2) is 0 Å². The van der Waals surface area contributed by atoms with Crippen LogP contribution >= 0.6 is 0 Å². The van der Waals surface area contributed by atoms with Crippen LogP contribution in [0.15, 0.2) is 66.7 Å². The second kappa shape index (κ2) is 12.5. The third-order valence-electron chi connectivity index (χ3n) is 6.61. The summed E-state index contributed by atoms with van der Waals surface area (Å²) in [5.74, 6) is 0.684. The van der Waals surface area contributed by atoms with Gasteiger partial charge in [-0.15, -0.1) is 0 Å². The molecule has 7 heteroatoms. The summed E-state index contributed by atoms with van der Waals surface area (Å²) in [6.45, 7) is 3.86. The van der Waals surface area contributed by atoms with Gasteiger partial charge in [-0.05, 0) is 53.1 Å². The molecule has 0 bridgehead atoms. The number of urea groups is 1. The molecule has 7 nitrogen and oxygen atoms in total. The van der Waals surface area contributed by atoms with Gasteiger partial charge < -0.3 is 14.4 Å². The Bertz CT molecular complexity index is 1180. The number of benzene rings is 3. The number of hydrogen-bond donors (Lipinski definition) is 0. The van der Waals surface area contributed by atoms with Crippen molar-refractivity contribution in [2.75, 3.05) is 47.0 Å². The molecule has 1 aliphatic rings. The number of nitrogens with zero attached hydrogens (tertiary/aromatic N) is 3. The average Bonchev–Trinajstić information content (AvgIpc) is 2.90. The van der Waals surface area contributed by atoms with Crippen LogP contribution in [0.4, 0.5) is 4.79 Å². The highest BCUT2D eigenvalue weighted by Gasteiger charge is 2.28. The first-order valence-electron chi connectivity index (χ1n) is 12.5. The van der Waals surface area contributed by atoms with E-state index in [-0.39, 0.29) is 18.5 Å². The highest BCUT2D eigenvalue weighted by molar-refractivity contribution is 5.94. The lowest BCUT2D eigenvalue weighted by Crippen LogP contribution is -2.50. The van der Waals surface area contributed by atoms with Gasteiger partial charge in [0.05, 0.1) is 20.3 Å². The Morgan fingerprint density at radius 1 is 0.806 bits per heavy atom. The van der Waals surface area contributed by atoms with E-state index >= 15 is 0 Å². The number of amides is 3. The van der Waals surface area contributed by atoms with Crippen LogP contribution in [0, 0.1) is 0 Å². The minimum atomic E-state index is -0.256. The van der Waals surface area contributed by atoms with Crippen LogP contribution in [-0.2, 0) is 22.6 Å². The molecule has 1 aliphatic heterocycles. The van der Waals surface area contributed by atoms with E-state index in [0.29, 0.717) is 39.1 Å². The van der Waals surface area contributed by atoms with E-state index < -0.39 is 0 Å². The summed E-state index contributed by atoms with van der Waals surface area (Å²) in [6, 6.07) is 22.0. The Kier molecular flexibility index (Phi) is 8.92. The Morgan fingerprint density at radius 2 is 1.61 bits per heavy atom. The fourth-order valence-corrected chi connectivity index (χ4v) is 4.61. The van der Waals surface area contributed by atoms with Gasteiger partial charge >= 0.3 is 6.03 Å². The van der Waals surface area contributed by atoms with Gasteiger partial charge in [0.25, 0.3) is 0 Å². The number of fused-ring (bicyclic) bond motifs is 1. The Hall–Kier alpha value is -3.42. The lowest BCUT2D eigenvalue weighted by Gasteiger charge is -2.33. The van der Waals surface area contributed by atoms with Crippen molar-refractivity contribution in [1.82, 2.24) is 14.7 Å². The van der Waals surface area contributed by atoms with Gasteiger partial charge in [0, 0.05) is 39.7 Å². The van der Waals surface area contributed by atoms with Crippen LogP contribution in [0.1, 0.15) is 24.0 Å². The Morgan fingerprint density at radius 3 is 2.42 bits per heavy atom. The summed E-state index contributed by atoms with van der Waals surface area (Å²) < 4.78 is 10.6. The van der Waals surface area contributed by atoms with Crippen LogP contribution in [0.5, 0.6) is 5.75 Å². The maximum atomic E-state index is 13.6. The molecular formula is C29H35N3O4. The van der Waals surface area contributed by atoms with Crippen LogP contribution in [-0.4, -0.2) is 73.6 Å². The lowest BCUT2D eigenvalue weighted by atomic mass is 10.1. The third kappa shape index (κ3) is 6.62. The van der Waals surface area contributed by atoms with Gasteiger partial charge in [-0.2, -0.15) is 0 Å². The fraction of sp³-hybridized carbons (Fsp3) is 0.379. The Labute approximate surface area is 213 Å². The standard InChI is InChI=1S/C29H35N3O4/c1-35-18-17-31-16-15-30(21-23-7-5-10-27(20-23)36-2)14-6-11-28(33)32(29(31)34)22-24-12-13-25-8-3-4-9-26(25)19-24/h3-5,7-10,12-13,19-20H,6,11,14-18,21-22H2,1-2H3. The first-order valence-corrected chi connectivity index (χ1v) is 12.5. The van der Waals surface area contributed by atoms with Gasteiger partial charge in [0.1, 0.15) is 5.75 Å². The molecule has 190 valence electrons. The van der Waals surface area contributed by atoms with Crippen molar-refractivity contribution >= 4 is 22.7 Å². The summed E-state index contributed by atoms with van der Waals surface area (Å²) >= 11 is 0. The SMILES string of the molecule is COCCN1CCN(Cc2cccc(OC)c2)CCCC(=O)N(Cc2ccc3ccccc3c2)C1=O. The summed E-state index contributed by atoms with van der Waals surface area (Å²) in [7, 11) is 3.29. The minimum Gasteiger partial charge on any atom is -0.497 e. The van der Waals surface area contributed by atoms with Crippen LogP contribution in [0.3, 0.4) is 0 Å². The van der Waals surface area contributed by atoms with E-state index in [9.17, 15) is 9.59 Å². The summed E-state index contributed by atoms with van der Waals surface area (Å²) in [5.41, 5.74) is 2.09. The molecule has 3 aromatic carbocycles. The molecule has 0 unspecified atom stereocenters. The molecular weight excluding hydrogens is 454 g/mol. The fourth-order valence-electron chi connectivity index (χ4n) is 4.61. The molecule has 1 fully saturated rings. The molecule has 0 N–H and O–H groups in total. The predicted octanol–water partition coefficient (Wildman–Crippen LogP) is 4.54. The van der Waals surface area contributed by atoms with Crippen molar-refractivity contribution in [1.29, 1.82) is 0 Å². The van der Waals surface area contributed by atoms with E-state index in [0.717, 1.165) is 40.7 Å². The first kappa shape index (κ1) is 25.7. The smallest absolute Gasteiger partial charge is 0.327 e. The van der Waals surface area contributed by atoms with E-state index in [1.165, 1.54) is 4.90 Å². The van der Waals surface area contributed by atoms with Crippen molar-refractivity contribution in [3.8, 4) is 5.75 Å². The highest BCUT2D eigenvalue weighted by atomic mass is 16.5. The van der Waals surface area contributed by atoms with E-state index in [4.69, 9.17) is 9.47 Å². The molecule has 0 atom stereocenters. The van der Waals surface area contributed by atoms with Crippen LogP contribution in [0.2, 0.25) is 0 Å². The van der Waals surface area contributed by atoms with Gasteiger partial charge in [-0.3, -0.25) is 14.6 Å². The molecule has 36 heavy (non-hydrogen) atoms. The zero-order valence-corrected chi connectivity index (χ0v) is 21.2. The van der Waals surface area contributed by atoms with Crippen molar-refractivity contribution in [2.45, 2.75) is 25.9 Å². The average molecular weight is 490 g/mol. The molecule has 0 aliphatic carbocycles. The maximum absolute atomic E-state index is 13.6. The monoisotopic (exact) mass is 489 g/mol. The molecule has 3 amide bonds. The quantitative estimate of drug-likeness (QED) is 0.465. The normalized spacial score (nSPS) is 15.9. The first-order chi connectivity index (χ1) is 17.6. The number of rotatable bonds is 8. The van der Waals surface area contributed by atoms with Gasteiger partial charge in [0.2, 0.25) is 5.91 Å². The van der Waals surface area contributed by atoms with Crippen LogP contribution in [0.25, 0.3) is 10.8 Å². The van der Waals surface area contributed by atoms with Crippen molar-refractivity contribution in [3.63, 3.8) is 0 Å². The number of imide groups is 1. The Balaban J connectivity index is 1.51. The maximum Gasteiger partial charge on any atom is 0.327 e. The molecule has 0 saturated carbocycles. The van der Waals surface area contributed by atoms with Gasteiger partial charge in [-0.25, -0.2) is 4.79 Å². The van der Waals surface area contributed by atoms with Crippen molar-refractivity contribution in [2.24, 2.45) is 0 Å². The van der Waals surface area contributed by atoms with Gasteiger partial charge in [-0.1, -0.05) is 48.5 Å². The van der Waals surface area contributed by atoms with Crippen molar-refractivity contribution in [3.05, 3.63) is 77.9 Å². The zero-order chi connectivity index (χ0) is 25.3. The summed E-state index contributed by atoms with van der Waals surface area (Å²) in [6.07, 6.45) is 1.02. The second-order valence-corrected chi connectivity index (χ2v) is 9.16. The van der Waals surface area contributed by atoms with Crippen molar-refractivity contribution < 1.29 is 19.1 Å². The van der Waals surface area contributed by atoms with E-state index in [1.807, 2.05) is 48.5 Å². The predicted molar refractivity (Wildman–Crippen MR) is 141 cm³/mol. The summed E-state index contributed by atoms with van der Waals surface area (Å²) in [5, 5.41) is 2.23. The highest BCUT2D eigenvalue weighted by Crippen LogP contribution is 2.20. The van der Waals surface area contributed by atoms with E-state index in [1.54, 1.807) is 19.1 Å². The number of hydrogen-bond acceptors (Lipinski definition) is 5. The molecule has 0 spiro atoms. The number of ether oxygens (including phenoxy) is 2. The zero-order valence-electron chi connectivity index (χ0n) is 21.2.